The number of nitrogens with zero attached hydrogens (tertiary/aromatic N) is 1. The molecule has 6 atom stereocenters. The van der Waals surface area contributed by atoms with Crippen LogP contribution in [0.2, 0.25) is 0 Å². The van der Waals surface area contributed by atoms with Gasteiger partial charge in [-0.05, 0) is 79.1 Å². The van der Waals surface area contributed by atoms with Gasteiger partial charge in [-0.2, -0.15) is 5.26 Å². The van der Waals surface area contributed by atoms with Gasteiger partial charge in [0.05, 0.1) is 11.6 Å². The molecule has 4 rings (SSSR count). The highest BCUT2D eigenvalue weighted by molar-refractivity contribution is 5.66. The van der Waals surface area contributed by atoms with Crippen LogP contribution in [-0.4, -0.2) is 24.6 Å². The lowest BCUT2D eigenvalue weighted by atomic mass is 9.47. The van der Waals surface area contributed by atoms with E-state index in [0.29, 0.717) is 23.3 Å². The first-order valence-electron chi connectivity index (χ1n) is 11.8. The number of carbonyl (C=O) groups excluding carboxylic acids is 2. The Hall–Kier alpha value is -2.09. The molecule has 0 aromatic rings. The molecular weight excluding hydrogens is 390 g/mol. The quantitative estimate of drug-likeness (QED) is 0.350. The van der Waals surface area contributed by atoms with Crippen LogP contribution in [0.25, 0.3) is 0 Å². The van der Waals surface area contributed by atoms with E-state index in [9.17, 15) is 14.9 Å². The van der Waals surface area contributed by atoms with Gasteiger partial charge in [0, 0.05) is 20.3 Å². The maximum atomic E-state index is 11.4. The van der Waals surface area contributed by atoms with E-state index in [0.717, 1.165) is 44.9 Å². The van der Waals surface area contributed by atoms with Crippen LogP contribution in [0.3, 0.4) is 0 Å². The lowest BCUT2D eigenvalue weighted by Gasteiger charge is -2.57. The second-order valence-corrected chi connectivity index (χ2v) is 10.6. The molecule has 0 heterocycles. The maximum Gasteiger partial charge on any atom is 0.302 e. The normalized spacial score (nSPS) is 40.4. The molecule has 4 aliphatic carbocycles. The molecule has 0 spiro atoms. The van der Waals surface area contributed by atoms with Crippen LogP contribution in [0.1, 0.15) is 79.1 Å². The van der Waals surface area contributed by atoms with E-state index in [-0.39, 0.29) is 35.5 Å². The average Bonchev–Trinajstić information content (AvgIpc) is 3.05. The first kappa shape index (κ1) is 22.1. The van der Waals surface area contributed by atoms with Gasteiger partial charge in [-0.1, -0.05) is 25.5 Å². The zero-order chi connectivity index (χ0) is 22.4. The van der Waals surface area contributed by atoms with Crippen LogP contribution in [0.5, 0.6) is 0 Å². The summed E-state index contributed by atoms with van der Waals surface area (Å²) in [7, 11) is 0. The van der Waals surface area contributed by atoms with E-state index >= 15 is 0 Å². The molecule has 3 saturated carbocycles. The Morgan fingerprint density at radius 3 is 2.48 bits per heavy atom. The highest BCUT2D eigenvalue weighted by atomic mass is 16.5. The van der Waals surface area contributed by atoms with Crippen LogP contribution in [-0.2, 0) is 19.1 Å². The van der Waals surface area contributed by atoms with Crippen molar-refractivity contribution in [2.45, 2.75) is 85.2 Å². The Bertz CT molecular complexity index is 880. The van der Waals surface area contributed by atoms with Crippen molar-refractivity contribution < 1.29 is 19.1 Å². The number of allylic oxidation sites excluding steroid dienone is 2. The summed E-state index contributed by atoms with van der Waals surface area (Å²) in [5.41, 5.74) is 3.62. The maximum absolute atomic E-state index is 11.4. The van der Waals surface area contributed by atoms with Gasteiger partial charge < -0.3 is 9.47 Å². The second kappa shape index (κ2) is 8.11. The molecule has 168 valence electrons. The molecule has 0 N–H and O–H groups in total. The minimum Gasteiger partial charge on any atom is -0.462 e. The summed E-state index contributed by atoms with van der Waals surface area (Å²) in [6, 6.07) is 2.35. The van der Waals surface area contributed by atoms with E-state index in [2.05, 4.69) is 26.0 Å². The smallest absolute Gasteiger partial charge is 0.302 e. The lowest BCUT2D eigenvalue weighted by Crippen LogP contribution is -2.49. The molecule has 0 aliphatic heterocycles. The van der Waals surface area contributed by atoms with E-state index in [4.69, 9.17) is 9.47 Å². The standard InChI is InChI=1S/C26H35NO4/c1-16(28)30-15-18(14-27)22-7-8-23-21-6-5-19-13-20(31-17(2)29)9-11-25(19,3)24(21)10-12-26(22,23)4/h5,20-21,23-24H,6-13,15H2,1-4H3/b22-18+/t20-,21+,23+,24+,25-,26-/m0/s1. The Kier molecular flexibility index (Phi) is 5.79. The number of rotatable bonds is 3. The van der Waals surface area contributed by atoms with Gasteiger partial charge in [0.25, 0.3) is 0 Å². The molecule has 0 aromatic heterocycles. The lowest BCUT2D eigenvalue weighted by molar-refractivity contribution is -0.148. The van der Waals surface area contributed by atoms with E-state index in [1.807, 2.05) is 0 Å². The fourth-order valence-electron chi connectivity index (χ4n) is 7.63. The molecule has 0 saturated heterocycles. The summed E-state index contributed by atoms with van der Waals surface area (Å²) >= 11 is 0. The molecule has 0 amide bonds. The predicted octanol–water partition coefficient (Wildman–Crippen LogP) is 5.26. The number of carbonyl (C=O) groups is 2. The van der Waals surface area contributed by atoms with E-state index < -0.39 is 0 Å². The summed E-state index contributed by atoms with van der Waals surface area (Å²) in [6.07, 6.45) is 10.8. The first-order valence-corrected chi connectivity index (χ1v) is 11.8. The third kappa shape index (κ3) is 3.73. The molecule has 0 aromatic carbocycles. The van der Waals surface area contributed by atoms with Crippen LogP contribution < -0.4 is 0 Å². The Morgan fingerprint density at radius 2 is 1.81 bits per heavy atom. The van der Waals surface area contributed by atoms with Gasteiger partial charge in [0.15, 0.2) is 0 Å². The van der Waals surface area contributed by atoms with Crippen molar-refractivity contribution in [2.75, 3.05) is 6.61 Å². The summed E-state index contributed by atoms with van der Waals surface area (Å²) in [5, 5.41) is 9.77. The highest BCUT2D eigenvalue weighted by Crippen LogP contribution is 2.66. The number of nitriles is 1. The van der Waals surface area contributed by atoms with Crippen molar-refractivity contribution in [3.63, 3.8) is 0 Å². The summed E-state index contributed by atoms with van der Waals surface area (Å²) in [6.45, 7) is 7.79. The van der Waals surface area contributed by atoms with Gasteiger partial charge in [0.1, 0.15) is 12.7 Å². The largest absolute Gasteiger partial charge is 0.462 e. The molecule has 5 nitrogen and oxygen atoms in total. The minimum atomic E-state index is -0.334. The van der Waals surface area contributed by atoms with Crippen molar-refractivity contribution >= 4 is 11.9 Å². The van der Waals surface area contributed by atoms with Crippen LogP contribution in [0.4, 0.5) is 0 Å². The molecular formula is C26H35NO4. The van der Waals surface area contributed by atoms with Gasteiger partial charge in [-0.15, -0.1) is 0 Å². The molecule has 3 fully saturated rings. The summed E-state index contributed by atoms with van der Waals surface area (Å²) in [4.78, 5) is 22.7. The van der Waals surface area contributed by atoms with Crippen molar-refractivity contribution in [1.29, 1.82) is 5.26 Å². The number of ether oxygens (including phenoxy) is 2. The van der Waals surface area contributed by atoms with Gasteiger partial charge in [-0.3, -0.25) is 9.59 Å². The van der Waals surface area contributed by atoms with Crippen molar-refractivity contribution in [2.24, 2.45) is 28.6 Å². The second-order valence-electron chi connectivity index (χ2n) is 10.6. The predicted molar refractivity (Wildman–Crippen MR) is 117 cm³/mol. The third-order valence-electron chi connectivity index (χ3n) is 9.09. The Labute approximate surface area is 185 Å². The third-order valence-corrected chi connectivity index (χ3v) is 9.09. The van der Waals surface area contributed by atoms with Crippen molar-refractivity contribution in [1.82, 2.24) is 0 Å². The molecule has 5 heteroatoms. The molecule has 0 unspecified atom stereocenters. The van der Waals surface area contributed by atoms with Crippen molar-refractivity contribution in [3.05, 3.63) is 22.8 Å². The Morgan fingerprint density at radius 1 is 1.10 bits per heavy atom. The van der Waals surface area contributed by atoms with Gasteiger partial charge >= 0.3 is 11.9 Å². The number of hydrogen-bond acceptors (Lipinski definition) is 5. The average molecular weight is 426 g/mol. The topological polar surface area (TPSA) is 76.4 Å². The minimum absolute atomic E-state index is 0.0303. The SMILES string of the molecule is CC(=O)OC/C(C#N)=C1\CC[C@@H]2[C@H]3CC=C4C[C@@H](OC(C)=O)CC[C@]4(C)[C@@H]3CC[C@@]12C. The summed E-state index contributed by atoms with van der Waals surface area (Å²) in [5.74, 6) is 1.34. The number of hydrogen-bond donors (Lipinski definition) is 0. The fraction of sp³-hybridized carbons (Fsp3) is 0.731. The molecule has 0 bridgehead atoms. The Balaban J connectivity index is 1.58. The molecule has 0 radical (unpaired) electrons. The van der Waals surface area contributed by atoms with Crippen LogP contribution >= 0.6 is 0 Å². The van der Waals surface area contributed by atoms with Crippen LogP contribution in [0.15, 0.2) is 22.8 Å². The highest BCUT2D eigenvalue weighted by Gasteiger charge is 2.57. The first-order chi connectivity index (χ1) is 14.7. The van der Waals surface area contributed by atoms with Crippen molar-refractivity contribution in [3.8, 4) is 6.07 Å². The zero-order valence-electron chi connectivity index (χ0n) is 19.3. The van der Waals surface area contributed by atoms with E-state index in [1.165, 1.54) is 31.4 Å². The van der Waals surface area contributed by atoms with Gasteiger partial charge in [0.2, 0.25) is 0 Å². The molecule has 31 heavy (non-hydrogen) atoms. The monoisotopic (exact) mass is 425 g/mol. The van der Waals surface area contributed by atoms with Crippen LogP contribution in [0, 0.1) is 39.9 Å². The number of esters is 2. The van der Waals surface area contributed by atoms with Gasteiger partial charge in [-0.25, -0.2) is 0 Å². The summed E-state index contributed by atoms with van der Waals surface area (Å²) < 4.78 is 10.7. The fourth-order valence-corrected chi connectivity index (χ4v) is 7.63. The van der Waals surface area contributed by atoms with E-state index in [1.54, 1.807) is 0 Å². The molecule has 4 aliphatic rings. The zero-order valence-corrected chi connectivity index (χ0v) is 19.3. The number of fused-ring (bicyclic) bond motifs is 5.